The first-order valence-electron chi connectivity index (χ1n) is 8.32. The molecular formula is C18H21N3O4S. The van der Waals surface area contributed by atoms with Gasteiger partial charge in [0.15, 0.2) is 5.16 Å². The molecule has 2 rings (SSSR count). The average molecular weight is 375 g/mol. The van der Waals surface area contributed by atoms with Crippen molar-refractivity contribution < 1.29 is 14.3 Å². The Kier molecular flexibility index (Phi) is 7.40. The Hall–Kier alpha value is -2.61. The Balaban J connectivity index is 1.88. The third kappa shape index (κ3) is 6.03. The molecule has 0 atom stereocenters. The molecule has 0 saturated carbocycles. The number of rotatable bonds is 8. The third-order valence-corrected chi connectivity index (χ3v) is 4.19. The van der Waals surface area contributed by atoms with Crippen molar-refractivity contribution in [3.8, 4) is 0 Å². The van der Waals surface area contributed by atoms with Gasteiger partial charge >= 0.3 is 5.97 Å². The average Bonchev–Trinajstić information content (AvgIpc) is 2.64. The maximum atomic E-state index is 12.0. The molecule has 0 bridgehead atoms. The summed E-state index contributed by atoms with van der Waals surface area (Å²) in [5, 5.41) is 3.15. The summed E-state index contributed by atoms with van der Waals surface area (Å²) < 4.78 is 5.05. The molecule has 0 aliphatic heterocycles. The van der Waals surface area contributed by atoms with E-state index in [0.29, 0.717) is 35.1 Å². The van der Waals surface area contributed by atoms with E-state index in [1.165, 1.54) is 6.07 Å². The number of amides is 1. The quantitative estimate of drug-likeness (QED) is 0.418. The molecule has 0 fully saturated rings. The number of H-pyrrole nitrogens is 1. The van der Waals surface area contributed by atoms with Crippen molar-refractivity contribution in [2.75, 3.05) is 17.7 Å². The van der Waals surface area contributed by atoms with Crippen LogP contribution >= 0.6 is 11.8 Å². The van der Waals surface area contributed by atoms with Crippen LogP contribution in [-0.2, 0) is 16.0 Å². The number of thioether (sulfide) groups is 1. The zero-order chi connectivity index (χ0) is 18.9. The van der Waals surface area contributed by atoms with E-state index >= 15 is 0 Å². The molecule has 0 aliphatic carbocycles. The number of aryl methyl sites for hydroxylation is 1. The first-order chi connectivity index (χ1) is 12.5. The molecule has 26 heavy (non-hydrogen) atoms. The maximum Gasteiger partial charge on any atom is 0.338 e. The number of ether oxygens (including phenoxy) is 1. The fraction of sp³-hybridized carbons (Fsp3) is 0.333. The molecule has 0 aliphatic rings. The molecule has 8 heteroatoms. The van der Waals surface area contributed by atoms with Gasteiger partial charge < -0.3 is 15.0 Å². The van der Waals surface area contributed by atoms with Gasteiger partial charge in [0.1, 0.15) is 0 Å². The highest BCUT2D eigenvalue weighted by atomic mass is 32.2. The van der Waals surface area contributed by atoms with Crippen LogP contribution in [0.5, 0.6) is 0 Å². The van der Waals surface area contributed by atoms with E-state index in [-0.39, 0.29) is 23.2 Å². The standard InChI is InChI=1S/C18H21N3O4S/c1-3-9-25-17(24)12-5-7-14(8-6-12)19-16(23)11-26-18-20-13(4-2)10-15(22)21-18/h5-8,10H,3-4,9,11H2,1-2H3,(H,19,23)(H,20,21,22). The lowest BCUT2D eigenvalue weighted by atomic mass is 10.2. The van der Waals surface area contributed by atoms with Crippen LogP contribution in [0.1, 0.15) is 36.3 Å². The van der Waals surface area contributed by atoms with E-state index in [4.69, 9.17) is 4.74 Å². The summed E-state index contributed by atoms with van der Waals surface area (Å²) in [5.41, 5.74) is 1.46. The lowest BCUT2D eigenvalue weighted by Crippen LogP contribution is -2.16. The topological polar surface area (TPSA) is 101 Å². The number of nitrogens with zero attached hydrogens (tertiary/aromatic N) is 1. The van der Waals surface area contributed by atoms with Crippen LogP contribution in [0.2, 0.25) is 0 Å². The van der Waals surface area contributed by atoms with Gasteiger partial charge in [-0.15, -0.1) is 0 Å². The fourth-order valence-corrected chi connectivity index (χ4v) is 2.73. The van der Waals surface area contributed by atoms with Crippen LogP contribution in [0, 0.1) is 0 Å². The molecular weight excluding hydrogens is 354 g/mol. The summed E-state index contributed by atoms with van der Waals surface area (Å²) >= 11 is 1.16. The first-order valence-corrected chi connectivity index (χ1v) is 9.30. The van der Waals surface area contributed by atoms with E-state index in [9.17, 15) is 14.4 Å². The third-order valence-electron chi connectivity index (χ3n) is 3.32. The van der Waals surface area contributed by atoms with E-state index in [1.807, 2.05) is 13.8 Å². The zero-order valence-corrected chi connectivity index (χ0v) is 15.5. The van der Waals surface area contributed by atoms with E-state index in [2.05, 4.69) is 15.3 Å². The van der Waals surface area contributed by atoms with Crippen molar-refractivity contribution >= 4 is 29.3 Å². The van der Waals surface area contributed by atoms with Gasteiger partial charge in [-0.25, -0.2) is 9.78 Å². The second kappa shape index (κ2) is 9.76. The molecule has 2 aromatic rings. The Morgan fingerprint density at radius 1 is 1.23 bits per heavy atom. The van der Waals surface area contributed by atoms with E-state index < -0.39 is 0 Å². The number of hydrogen-bond acceptors (Lipinski definition) is 6. The molecule has 0 unspecified atom stereocenters. The molecule has 0 radical (unpaired) electrons. The summed E-state index contributed by atoms with van der Waals surface area (Å²) in [7, 11) is 0. The number of nitrogens with one attached hydrogen (secondary N) is 2. The summed E-state index contributed by atoms with van der Waals surface area (Å²) in [4.78, 5) is 42.1. The van der Waals surface area contributed by atoms with E-state index in [1.54, 1.807) is 24.3 Å². The smallest absolute Gasteiger partial charge is 0.338 e. The van der Waals surface area contributed by atoms with Crippen molar-refractivity contribution in [1.29, 1.82) is 0 Å². The number of aromatic amines is 1. The first kappa shape index (κ1) is 19.7. The lowest BCUT2D eigenvalue weighted by Gasteiger charge is -2.07. The largest absolute Gasteiger partial charge is 0.462 e. The number of carbonyl (C=O) groups excluding carboxylic acids is 2. The highest BCUT2D eigenvalue weighted by Gasteiger charge is 2.09. The number of carbonyl (C=O) groups is 2. The Bertz CT molecular complexity index is 818. The molecule has 1 aromatic heterocycles. The Morgan fingerprint density at radius 2 is 1.96 bits per heavy atom. The van der Waals surface area contributed by atoms with Crippen molar-refractivity contribution in [3.05, 3.63) is 51.9 Å². The van der Waals surface area contributed by atoms with Gasteiger partial charge in [0.25, 0.3) is 5.56 Å². The van der Waals surface area contributed by atoms with Crippen LogP contribution in [0.4, 0.5) is 5.69 Å². The minimum Gasteiger partial charge on any atom is -0.462 e. The number of esters is 1. The van der Waals surface area contributed by atoms with Crippen LogP contribution in [0.25, 0.3) is 0 Å². The summed E-state index contributed by atoms with van der Waals surface area (Å²) in [6, 6.07) is 7.93. The van der Waals surface area contributed by atoms with Crippen molar-refractivity contribution in [3.63, 3.8) is 0 Å². The van der Waals surface area contributed by atoms with Crippen molar-refractivity contribution in [1.82, 2.24) is 9.97 Å². The molecule has 138 valence electrons. The predicted octanol–water partition coefficient (Wildman–Crippen LogP) is 2.63. The number of anilines is 1. The summed E-state index contributed by atoms with van der Waals surface area (Å²) in [6.45, 7) is 4.21. The SMILES string of the molecule is CCCOC(=O)c1ccc(NC(=O)CSc2nc(CC)cc(=O)[nH]2)cc1. The van der Waals surface area contributed by atoms with Crippen LogP contribution < -0.4 is 10.9 Å². The molecule has 1 aromatic carbocycles. The van der Waals surface area contributed by atoms with Crippen molar-refractivity contribution in [2.24, 2.45) is 0 Å². The van der Waals surface area contributed by atoms with Crippen LogP contribution in [-0.4, -0.2) is 34.2 Å². The Morgan fingerprint density at radius 3 is 2.62 bits per heavy atom. The molecule has 1 heterocycles. The number of benzene rings is 1. The molecule has 7 nitrogen and oxygen atoms in total. The van der Waals surface area contributed by atoms with Crippen molar-refractivity contribution in [2.45, 2.75) is 31.8 Å². The second-order valence-electron chi connectivity index (χ2n) is 5.45. The van der Waals surface area contributed by atoms with Gasteiger partial charge in [-0.2, -0.15) is 0 Å². The molecule has 0 saturated heterocycles. The van der Waals surface area contributed by atoms with Gasteiger partial charge in [-0.1, -0.05) is 25.6 Å². The van der Waals surface area contributed by atoms with Gasteiger partial charge in [0, 0.05) is 17.4 Å². The second-order valence-corrected chi connectivity index (χ2v) is 6.41. The monoisotopic (exact) mass is 375 g/mol. The zero-order valence-electron chi connectivity index (χ0n) is 14.7. The van der Waals surface area contributed by atoms with E-state index in [0.717, 1.165) is 18.2 Å². The number of hydrogen-bond donors (Lipinski definition) is 2. The minimum absolute atomic E-state index is 0.108. The molecule has 1 amide bonds. The van der Waals surface area contributed by atoms with Gasteiger partial charge in [0.2, 0.25) is 5.91 Å². The fourth-order valence-electron chi connectivity index (χ4n) is 2.03. The minimum atomic E-state index is -0.383. The summed E-state index contributed by atoms with van der Waals surface area (Å²) in [5.74, 6) is -0.511. The van der Waals surface area contributed by atoms with Gasteiger partial charge in [0.05, 0.1) is 17.9 Å². The van der Waals surface area contributed by atoms with Crippen LogP contribution in [0.3, 0.4) is 0 Å². The predicted molar refractivity (Wildman–Crippen MR) is 101 cm³/mol. The lowest BCUT2D eigenvalue weighted by molar-refractivity contribution is -0.113. The highest BCUT2D eigenvalue weighted by Crippen LogP contribution is 2.14. The highest BCUT2D eigenvalue weighted by molar-refractivity contribution is 7.99. The van der Waals surface area contributed by atoms with Gasteiger partial charge in [-0.3, -0.25) is 9.59 Å². The number of aromatic nitrogens is 2. The van der Waals surface area contributed by atoms with Gasteiger partial charge in [-0.05, 0) is 37.1 Å². The molecule has 2 N–H and O–H groups in total. The maximum absolute atomic E-state index is 12.0. The van der Waals surface area contributed by atoms with Crippen LogP contribution in [0.15, 0.2) is 40.3 Å². The summed E-state index contributed by atoms with van der Waals surface area (Å²) in [6.07, 6.45) is 1.41. The Labute approximate surface area is 155 Å². The normalized spacial score (nSPS) is 10.4. The molecule has 0 spiro atoms.